The van der Waals surface area contributed by atoms with Crippen LogP contribution in [0.3, 0.4) is 0 Å². The molecule has 0 amide bonds. The quantitative estimate of drug-likeness (QED) is 0.928. The highest BCUT2D eigenvalue weighted by molar-refractivity contribution is 9.10. The summed E-state index contributed by atoms with van der Waals surface area (Å²) in [5, 5.41) is -0.396. The van der Waals surface area contributed by atoms with Crippen molar-refractivity contribution in [3.05, 3.63) is 34.3 Å². The van der Waals surface area contributed by atoms with Crippen molar-refractivity contribution in [3.63, 3.8) is 0 Å². The van der Waals surface area contributed by atoms with Gasteiger partial charge in [0.1, 0.15) is 0 Å². The van der Waals surface area contributed by atoms with Gasteiger partial charge in [-0.05, 0) is 44.4 Å². The Balaban J connectivity index is 2.27. The zero-order valence-corrected chi connectivity index (χ0v) is 12.3. The lowest BCUT2D eigenvalue weighted by molar-refractivity contribution is 0.543. The first-order chi connectivity index (χ1) is 7.86. The van der Waals surface area contributed by atoms with Crippen LogP contribution in [0.5, 0.6) is 0 Å². The van der Waals surface area contributed by atoms with Crippen LogP contribution < -0.4 is 4.72 Å². The van der Waals surface area contributed by atoms with Gasteiger partial charge in [-0.15, -0.1) is 0 Å². The van der Waals surface area contributed by atoms with Crippen molar-refractivity contribution in [2.45, 2.75) is 37.5 Å². The highest BCUT2D eigenvalue weighted by Crippen LogP contribution is 2.46. The summed E-state index contributed by atoms with van der Waals surface area (Å²) in [6.07, 6.45) is 1.74. The fourth-order valence-corrected chi connectivity index (χ4v) is 3.25. The molecule has 1 aromatic carbocycles. The third-order valence-corrected chi connectivity index (χ3v) is 5.50. The molecule has 1 fully saturated rings. The molecule has 1 aromatic rings. The van der Waals surface area contributed by atoms with Crippen molar-refractivity contribution in [1.82, 2.24) is 4.72 Å². The van der Waals surface area contributed by atoms with Gasteiger partial charge in [-0.25, -0.2) is 13.1 Å². The summed E-state index contributed by atoms with van der Waals surface area (Å²) < 4.78 is 27.7. The molecule has 1 aliphatic rings. The van der Waals surface area contributed by atoms with E-state index in [1.807, 2.05) is 24.3 Å². The molecule has 0 spiro atoms. The van der Waals surface area contributed by atoms with Crippen LogP contribution >= 0.6 is 15.9 Å². The number of halogens is 1. The zero-order valence-electron chi connectivity index (χ0n) is 9.90. The molecule has 1 aliphatic carbocycles. The molecule has 1 N–H and O–H groups in total. The van der Waals surface area contributed by atoms with Crippen molar-refractivity contribution < 1.29 is 8.42 Å². The Hall–Kier alpha value is -0.390. The Bertz CT molecular complexity index is 521. The van der Waals surface area contributed by atoms with Crippen molar-refractivity contribution in [2.75, 3.05) is 0 Å². The lowest BCUT2D eigenvalue weighted by Gasteiger charge is -2.20. The van der Waals surface area contributed by atoms with Crippen LogP contribution in [0.15, 0.2) is 28.7 Å². The van der Waals surface area contributed by atoms with Gasteiger partial charge in [-0.3, -0.25) is 0 Å². The topological polar surface area (TPSA) is 46.2 Å². The lowest BCUT2D eigenvalue weighted by Crippen LogP contribution is -2.39. The molecule has 0 bridgehead atoms. The summed E-state index contributed by atoms with van der Waals surface area (Å²) in [6.45, 7) is 3.39. The molecule has 0 unspecified atom stereocenters. The summed E-state index contributed by atoms with van der Waals surface area (Å²) in [7, 11) is -3.22. The van der Waals surface area contributed by atoms with Gasteiger partial charge in [0.05, 0.1) is 10.8 Å². The summed E-state index contributed by atoms with van der Waals surface area (Å²) in [5.41, 5.74) is 0.670. The van der Waals surface area contributed by atoms with E-state index in [1.54, 1.807) is 13.8 Å². The van der Waals surface area contributed by atoms with Crippen molar-refractivity contribution >= 4 is 26.0 Å². The van der Waals surface area contributed by atoms with E-state index in [0.29, 0.717) is 0 Å². The number of rotatable bonds is 4. The summed E-state index contributed by atoms with van der Waals surface area (Å²) >= 11 is 3.41. The van der Waals surface area contributed by atoms with Crippen LogP contribution in [0, 0.1) is 0 Å². The molecule has 17 heavy (non-hydrogen) atoms. The SMILES string of the molecule is CC(C)S(=O)(=O)NC1(c2cccc(Br)c2)CC1. The van der Waals surface area contributed by atoms with E-state index < -0.39 is 15.3 Å². The Morgan fingerprint density at radius 3 is 2.47 bits per heavy atom. The third-order valence-electron chi connectivity index (χ3n) is 3.09. The van der Waals surface area contributed by atoms with Gasteiger partial charge in [0, 0.05) is 4.47 Å². The Morgan fingerprint density at radius 2 is 2.00 bits per heavy atom. The first-order valence-corrected chi connectivity index (χ1v) is 7.98. The number of sulfonamides is 1. The van der Waals surface area contributed by atoms with Gasteiger partial charge in [0.25, 0.3) is 0 Å². The predicted molar refractivity (Wildman–Crippen MR) is 72.2 cm³/mol. The second-order valence-electron chi connectivity index (χ2n) is 4.79. The molecule has 2 rings (SSSR count). The Kier molecular flexibility index (Phi) is 3.36. The molecule has 1 saturated carbocycles. The zero-order chi connectivity index (χ0) is 12.7. The highest BCUT2D eigenvalue weighted by Gasteiger charge is 2.47. The molecule has 3 nitrogen and oxygen atoms in total. The minimum atomic E-state index is -3.22. The molecule has 0 aliphatic heterocycles. The van der Waals surface area contributed by atoms with E-state index in [2.05, 4.69) is 20.7 Å². The van der Waals surface area contributed by atoms with E-state index in [9.17, 15) is 8.42 Å². The second-order valence-corrected chi connectivity index (χ2v) is 7.94. The molecule has 0 aromatic heterocycles. The molecular weight excluding hydrogens is 302 g/mol. The predicted octanol–water partition coefficient (Wildman–Crippen LogP) is 2.77. The lowest BCUT2D eigenvalue weighted by atomic mass is 10.1. The minimum absolute atomic E-state index is 0.368. The van der Waals surface area contributed by atoms with Gasteiger partial charge in [-0.2, -0.15) is 0 Å². The minimum Gasteiger partial charge on any atom is -0.212 e. The van der Waals surface area contributed by atoms with Crippen LogP contribution in [0.2, 0.25) is 0 Å². The van der Waals surface area contributed by atoms with Gasteiger partial charge in [-0.1, -0.05) is 28.1 Å². The van der Waals surface area contributed by atoms with E-state index in [1.165, 1.54) is 0 Å². The maximum absolute atomic E-state index is 11.9. The van der Waals surface area contributed by atoms with Crippen molar-refractivity contribution in [2.24, 2.45) is 0 Å². The number of hydrogen-bond donors (Lipinski definition) is 1. The van der Waals surface area contributed by atoms with Gasteiger partial charge in [0.15, 0.2) is 0 Å². The summed E-state index contributed by atoms with van der Waals surface area (Å²) in [6, 6.07) is 7.83. The number of nitrogens with one attached hydrogen (secondary N) is 1. The van der Waals surface area contributed by atoms with Crippen molar-refractivity contribution in [1.29, 1.82) is 0 Å². The van der Waals surface area contributed by atoms with Gasteiger partial charge >= 0.3 is 0 Å². The van der Waals surface area contributed by atoms with Gasteiger partial charge < -0.3 is 0 Å². The Labute approximate surface area is 111 Å². The van der Waals surface area contributed by atoms with Crippen LogP contribution in [0.4, 0.5) is 0 Å². The normalized spacial score (nSPS) is 18.4. The van der Waals surface area contributed by atoms with Gasteiger partial charge in [0.2, 0.25) is 10.0 Å². The monoisotopic (exact) mass is 317 g/mol. The second kappa shape index (κ2) is 4.37. The van der Waals surface area contributed by atoms with Crippen LogP contribution in [0.1, 0.15) is 32.3 Å². The number of hydrogen-bond acceptors (Lipinski definition) is 2. The van der Waals surface area contributed by atoms with E-state index in [4.69, 9.17) is 0 Å². The average molecular weight is 318 g/mol. The fourth-order valence-electron chi connectivity index (χ4n) is 1.75. The molecule has 0 radical (unpaired) electrons. The smallest absolute Gasteiger partial charge is 0.212 e. The van der Waals surface area contributed by atoms with Crippen LogP contribution in [-0.4, -0.2) is 13.7 Å². The molecular formula is C12H16BrNO2S. The first-order valence-electron chi connectivity index (χ1n) is 5.65. The molecule has 0 saturated heterocycles. The van der Waals surface area contributed by atoms with Crippen LogP contribution in [0.25, 0.3) is 0 Å². The van der Waals surface area contributed by atoms with Crippen LogP contribution in [-0.2, 0) is 15.6 Å². The molecule has 0 atom stereocenters. The Morgan fingerprint density at radius 1 is 1.35 bits per heavy atom. The maximum Gasteiger partial charge on any atom is 0.214 e. The van der Waals surface area contributed by atoms with E-state index in [-0.39, 0.29) is 5.54 Å². The average Bonchev–Trinajstić information content (AvgIpc) is 2.98. The highest BCUT2D eigenvalue weighted by atomic mass is 79.9. The number of benzene rings is 1. The molecule has 5 heteroatoms. The maximum atomic E-state index is 11.9. The summed E-state index contributed by atoms with van der Waals surface area (Å²) in [5.74, 6) is 0. The fraction of sp³-hybridized carbons (Fsp3) is 0.500. The van der Waals surface area contributed by atoms with Crippen molar-refractivity contribution in [3.8, 4) is 0 Å². The standard InChI is InChI=1S/C12H16BrNO2S/c1-9(2)17(15,16)14-12(6-7-12)10-4-3-5-11(13)8-10/h3-5,8-9,14H,6-7H2,1-2H3. The van der Waals surface area contributed by atoms with E-state index >= 15 is 0 Å². The third kappa shape index (κ3) is 2.72. The largest absolute Gasteiger partial charge is 0.214 e. The molecule has 94 valence electrons. The van der Waals surface area contributed by atoms with E-state index in [0.717, 1.165) is 22.9 Å². The molecule has 0 heterocycles. The first kappa shape index (κ1) is 13.1. The summed E-state index contributed by atoms with van der Waals surface area (Å²) in [4.78, 5) is 0.